The minimum atomic E-state index is -3.81. The van der Waals surface area contributed by atoms with Crippen molar-refractivity contribution >= 4 is 15.9 Å². The van der Waals surface area contributed by atoms with E-state index in [1.807, 2.05) is 0 Å². The molecule has 1 amide bonds. The van der Waals surface area contributed by atoms with E-state index < -0.39 is 27.6 Å². The lowest BCUT2D eigenvalue weighted by molar-refractivity contribution is 0.0768. The first-order valence-electron chi connectivity index (χ1n) is 7.62. The Hall–Kier alpha value is -2.52. The summed E-state index contributed by atoms with van der Waals surface area (Å²) in [6, 6.07) is 8.78. The second-order valence-corrected chi connectivity index (χ2v) is 7.24. The van der Waals surface area contributed by atoms with Crippen LogP contribution in [0.3, 0.4) is 0 Å². The van der Waals surface area contributed by atoms with E-state index in [-0.39, 0.29) is 29.4 Å². The van der Waals surface area contributed by atoms with Gasteiger partial charge in [-0.1, -0.05) is 12.1 Å². The number of rotatable bonds is 7. The molecular weight excluding hydrogens is 366 g/mol. The first-order valence-corrected chi connectivity index (χ1v) is 9.10. The van der Waals surface area contributed by atoms with Gasteiger partial charge in [-0.25, -0.2) is 21.9 Å². The monoisotopic (exact) mass is 384 g/mol. The molecule has 0 spiro atoms. The number of nitrogens with zero attached hydrogens (tertiary/aromatic N) is 1. The van der Waals surface area contributed by atoms with Crippen molar-refractivity contribution in [2.24, 2.45) is 0 Å². The summed E-state index contributed by atoms with van der Waals surface area (Å²) in [5.41, 5.74) is -0.380. The number of para-hydroxylation sites is 1. The quantitative estimate of drug-likeness (QED) is 0.793. The Morgan fingerprint density at radius 3 is 2.50 bits per heavy atom. The number of likely N-dealkylation sites (N-methyl/N-ethyl adjacent to an activating group) is 1. The molecule has 2 rings (SSSR count). The van der Waals surface area contributed by atoms with Crippen LogP contribution in [0.5, 0.6) is 5.75 Å². The van der Waals surface area contributed by atoms with E-state index in [0.717, 1.165) is 23.1 Å². The van der Waals surface area contributed by atoms with Crippen molar-refractivity contribution in [3.63, 3.8) is 0 Å². The van der Waals surface area contributed by atoms with Crippen LogP contribution in [0.15, 0.2) is 47.4 Å². The Balaban J connectivity index is 2.08. The van der Waals surface area contributed by atoms with Gasteiger partial charge in [0.25, 0.3) is 5.91 Å². The van der Waals surface area contributed by atoms with E-state index in [1.54, 1.807) is 6.07 Å². The zero-order valence-electron chi connectivity index (χ0n) is 14.2. The molecular formula is C17H18F2N2O4S. The molecule has 2 aromatic rings. The van der Waals surface area contributed by atoms with E-state index in [1.165, 1.54) is 32.3 Å². The third kappa shape index (κ3) is 4.55. The van der Waals surface area contributed by atoms with Crippen molar-refractivity contribution in [3.05, 3.63) is 59.7 Å². The van der Waals surface area contributed by atoms with Gasteiger partial charge < -0.3 is 9.64 Å². The van der Waals surface area contributed by atoms with Crippen LogP contribution in [0, 0.1) is 11.6 Å². The Bertz CT molecular complexity index is 903. The molecule has 0 saturated heterocycles. The van der Waals surface area contributed by atoms with Gasteiger partial charge in [0.05, 0.1) is 17.0 Å². The summed E-state index contributed by atoms with van der Waals surface area (Å²) < 4.78 is 58.4. The molecule has 0 fully saturated rings. The molecule has 6 nitrogen and oxygen atoms in total. The number of amides is 1. The van der Waals surface area contributed by atoms with Crippen LogP contribution in [0.25, 0.3) is 0 Å². The summed E-state index contributed by atoms with van der Waals surface area (Å²) in [5.74, 6) is -2.04. The molecule has 9 heteroatoms. The summed E-state index contributed by atoms with van der Waals surface area (Å²) in [6.07, 6.45) is 0. The first-order chi connectivity index (χ1) is 12.3. The summed E-state index contributed by atoms with van der Waals surface area (Å²) in [5, 5.41) is 0. The van der Waals surface area contributed by atoms with Crippen LogP contribution in [0.2, 0.25) is 0 Å². The molecule has 2 aromatic carbocycles. The lowest BCUT2D eigenvalue weighted by Gasteiger charge is -2.18. The van der Waals surface area contributed by atoms with Gasteiger partial charge in [0.1, 0.15) is 12.4 Å². The second-order valence-electron chi connectivity index (χ2n) is 5.35. The maximum Gasteiger partial charge on any atom is 0.256 e. The van der Waals surface area contributed by atoms with Gasteiger partial charge in [-0.15, -0.1) is 0 Å². The van der Waals surface area contributed by atoms with Crippen molar-refractivity contribution < 1.29 is 26.7 Å². The Morgan fingerprint density at radius 2 is 1.85 bits per heavy atom. The first kappa shape index (κ1) is 19.8. The van der Waals surface area contributed by atoms with E-state index in [4.69, 9.17) is 4.74 Å². The molecule has 140 valence electrons. The maximum absolute atomic E-state index is 14.0. The molecule has 1 N–H and O–H groups in total. The summed E-state index contributed by atoms with van der Waals surface area (Å²) in [7, 11) is -1.19. The third-order valence-electron chi connectivity index (χ3n) is 3.61. The Kier molecular flexibility index (Phi) is 6.27. The van der Waals surface area contributed by atoms with Crippen molar-refractivity contribution in [2.45, 2.75) is 4.90 Å². The molecule has 0 heterocycles. The maximum atomic E-state index is 14.0. The average molecular weight is 384 g/mol. The zero-order chi connectivity index (χ0) is 19.3. The van der Waals surface area contributed by atoms with E-state index in [2.05, 4.69) is 4.72 Å². The molecule has 0 saturated carbocycles. The van der Waals surface area contributed by atoms with Gasteiger partial charge in [-0.3, -0.25) is 4.79 Å². The fourth-order valence-corrected chi connectivity index (χ4v) is 2.87. The number of carbonyl (C=O) groups excluding carboxylic acids is 1. The lowest BCUT2D eigenvalue weighted by atomic mass is 10.2. The summed E-state index contributed by atoms with van der Waals surface area (Å²) >= 11 is 0. The fraction of sp³-hybridized carbons (Fsp3) is 0.235. The van der Waals surface area contributed by atoms with Crippen molar-refractivity contribution in [1.29, 1.82) is 0 Å². The van der Waals surface area contributed by atoms with Gasteiger partial charge in [-0.05, 0) is 37.4 Å². The highest BCUT2D eigenvalue weighted by atomic mass is 32.2. The van der Waals surface area contributed by atoms with Gasteiger partial charge >= 0.3 is 0 Å². The number of hydrogen-bond donors (Lipinski definition) is 1. The zero-order valence-corrected chi connectivity index (χ0v) is 15.0. The highest BCUT2D eigenvalue weighted by Crippen LogP contribution is 2.17. The largest absolute Gasteiger partial charge is 0.489 e. The average Bonchev–Trinajstić information content (AvgIpc) is 2.62. The predicted molar refractivity (Wildman–Crippen MR) is 91.5 cm³/mol. The molecule has 0 bridgehead atoms. The topological polar surface area (TPSA) is 75.7 Å². The van der Waals surface area contributed by atoms with E-state index in [0.29, 0.717) is 0 Å². The molecule has 0 aliphatic carbocycles. The van der Waals surface area contributed by atoms with Crippen molar-refractivity contribution in [3.8, 4) is 5.75 Å². The number of carbonyl (C=O) groups is 1. The Morgan fingerprint density at radius 1 is 1.15 bits per heavy atom. The molecule has 0 unspecified atom stereocenters. The smallest absolute Gasteiger partial charge is 0.256 e. The van der Waals surface area contributed by atoms with Crippen LogP contribution in [0.1, 0.15) is 10.4 Å². The van der Waals surface area contributed by atoms with Crippen LogP contribution in [-0.2, 0) is 10.0 Å². The molecule has 0 aliphatic heterocycles. The van der Waals surface area contributed by atoms with E-state index in [9.17, 15) is 22.0 Å². The van der Waals surface area contributed by atoms with Crippen molar-refractivity contribution in [2.75, 3.05) is 27.2 Å². The third-order valence-corrected chi connectivity index (χ3v) is 5.03. The van der Waals surface area contributed by atoms with Crippen LogP contribution >= 0.6 is 0 Å². The highest BCUT2D eigenvalue weighted by molar-refractivity contribution is 7.89. The fourth-order valence-electron chi connectivity index (χ4n) is 2.11. The van der Waals surface area contributed by atoms with Gasteiger partial charge in [-0.2, -0.15) is 0 Å². The van der Waals surface area contributed by atoms with Crippen LogP contribution in [0.4, 0.5) is 8.78 Å². The predicted octanol–water partition coefficient (Wildman–Crippen LogP) is 2.02. The minimum Gasteiger partial charge on any atom is -0.489 e. The molecule has 26 heavy (non-hydrogen) atoms. The van der Waals surface area contributed by atoms with Gasteiger partial charge in [0, 0.05) is 7.05 Å². The number of benzene rings is 2. The van der Waals surface area contributed by atoms with Gasteiger partial charge in [0.2, 0.25) is 10.0 Å². The van der Waals surface area contributed by atoms with Crippen molar-refractivity contribution in [1.82, 2.24) is 9.62 Å². The van der Waals surface area contributed by atoms with E-state index >= 15 is 0 Å². The number of nitrogens with one attached hydrogen (secondary N) is 1. The van der Waals surface area contributed by atoms with Gasteiger partial charge in [0.15, 0.2) is 11.6 Å². The highest BCUT2D eigenvalue weighted by Gasteiger charge is 2.20. The number of hydrogen-bond acceptors (Lipinski definition) is 4. The molecule has 0 aromatic heterocycles. The minimum absolute atomic E-state index is 0.0146. The molecule has 0 aliphatic rings. The standard InChI is InChI=1S/C17H18F2N2O4S/c1-20-26(23,24)12-7-8-14(18)13(11-12)17(22)21(2)9-10-25-16-6-4-3-5-15(16)19/h3-8,11,20H,9-10H2,1-2H3. The van der Waals surface area contributed by atoms with Crippen LogP contribution in [-0.4, -0.2) is 46.5 Å². The van der Waals surface area contributed by atoms with Crippen LogP contribution < -0.4 is 9.46 Å². The summed E-state index contributed by atoms with van der Waals surface area (Å²) in [6.45, 7) is 0.0366. The number of halogens is 2. The summed E-state index contributed by atoms with van der Waals surface area (Å²) in [4.78, 5) is 13.3. The number of sulfonamides is 1. The SMILES string of the molecule is CNS(=O)(=O)c1ccc(F)c(C(=O)N(C)CCOc2ccccc2F)c1. The normalized spacial score (nSPS) is 11.2. The molecule has 0 atom stereocenters. The Labute approximate surface area is 150 Å². The number of ether oxygens (including phenoxy) is 1. The lowest BCUT2D eigenvalue weighted by Crippen LogP contribution is -2.32. The molecule has 0 radical (unpaired) electrons. The second kappa shape index (κ2) is 8.24.